The highest BCUT2D eigenvalue weighted by molar-refractivity contribution is 7.89. The smallest absolute Gasteiger partial charge is 0.215 e. The highest BCUT2D eigenvalue weighted by Crippen LogP contribution is 2.64. The maximum Gasteiger partial charge on any atom is 0.215 e. The lowest BCUT2D eigenvalue weighted by Crippen LogP contribution is -2.48. The van der Waals surface area contributed by atoms with Crippen LogP contribution >= 0.6 is 0 Å². The van der Waals surface area contributed by atoms with Crippen molar-refractivity contribution in [2.24, 2.45) is 16.7 Å². The van der Waals surface area contributed by atoms with Crippen molar-refractivity contribution in [1.82, 2.24) is 19.1 Å². The number of piperidine rings is 1. The van der Waals surface area contributed by atoms with Crippen molar-refractivity contribution in [3.8, 4) is 0 Å². The molecule has 2 aliphatic heterocycles. The first kappa shape index (κ1) is 20.6. The average Bonchev–Trinajstić information content (AvgIpc) is 3.17. The molecule has 2 atom stereocenters. The van der Waals surface area contributed by atoms with E-state index < -0.39 is 15.4 Å². The van der Waals surface area contributed by atoms with Gasteiger partial charge in [-0.15, -0.1) is 10.2 Å². The van der Waals surface area contributed by atoms with E-state index in [1.54, 1.807) is 4.31 Å². The zero-order valence-electron chi connectivity index (χ0n) is 18.3. The first-order valence-electron chi connectivity index (χ1n) is 11.7. The van der Waals surface area contributed by atoms with Crippen LogP contribution in [0.5, 0.6) is 0 Å². The van der Waals surface area contributed by atoms with Crippen molar-refractivity contribution in [2.45, 2.75) is 84.1 Å². The van der Waals surface area contributed by atoms with Crippen molar-refractivity contribution in [3.63, 3.8) is 0 Å². The van der Waals surface area contributed by atoms with E-state index in [0.29, 0.717) is 25.4 Å². The first-order chi connectivity index (χ1) is 14.2. The summed E-state index contributed by atoms with van der Waals surface area (Å²) in [7, 11) is -3.46. The molecule has 0 spiro atoms. The number of Topliss-reactive ketones (excluding diaryl/α,β-unsaturated/α-hetero) is 1. The van der Waals surface area contributed by atoms with Gasteiger partial charge in [-0.3, -0.25) is 4.79 Å². The van der Waals surface area contributed by atoms with Gasteiger partial charge in [0.05, 0.1) is 5.75 Å². The van der Waals surface area contributed by atoms with Crippen LogP contribution in [0.15, 0.2) is 0 Å². The standard InChI is InChI=1S/C22H34N4O3S/c1-21(2)17-7-10-22(21,18(27)14-17)15-30(28,29)25-12-8-16(9-13-25)20-24-23-19-6-4-3-5-11-26(19)20/h16-17H,3-15H2,1-2H3/t17-,22-/m0/s1. The second-order valence-electron chi connectivity index (χ2n) is 10.5. The van der Waals surface area contributed by atoms with E-state index in [-0.39, 0.29) is 22.9 Å². The third-order valence-corrected chi connectivity index (χ3v) is 10.9. The number of rotatable bonds is 4. The van der Waals surface area contributed by atoms with Crippen molar-refractivity contribution >= 4 is 15.8 Å². The molecule has 0 N–H and O–H groups in total. The number of carbonyl (C=O) groups excluding carboxylic acids is 1. The molecule has 1 aromatic heterocycles. The lowest BCUT2D eigenvalue weighted by atomic mass is 9.70. The van der Waals surface area contributed by atoms with Gasteiger partial charge in [0.15, 0.2) is 0 Å². The minimum absolute atomic E-state index is 0.00662. The molecule has 5 rings (SSSR count). The van der Waals surface area contributed by atoms with E-state index >= 15 is 0 Å². The summed E-state index contributed by atoms with van der Waals surface area (Å²) >= 11 is 0. The fourth-order valence-electron chi connectivity index (χ4n) is 6.71. The molecule has 3 fully saturated rings. The molecule has 0 amide bonds. The number of aromatic nitrogens is 3. The van der Waals surface area contributed by atoms with Crippen LogP contribution in [-0.2, 0) is 27.8 Å². The van der Waals surface area contributed by atoms with Crippen LogP contribution in [0.4, 0.5) is 0 Å². The molecule has 4 aliphatic rings. The molecule has 2 aliphatic carbocycles. The van der Waals surface area contributed by atoms with Crippen LogP contribution in [0.2, 0.25) is 0 Å². The number of hydrogen-bond donors (Lipinski definition) is 0. The minimum atomic E-state index is -3.46. The molecular formula is C22H34N4O3S. The Hall–Kier alpha value is -1.28. The SMILES string of the molecule is CC1(C)[C@H]2CC[C@]1(CS(=O)(=O)N1CCC(c3nnc4n3CCCCC4)CC1)C(=O)C2. The normalized spacial score (nSPS) is 32.3. The van der Waals surface area contributed by atoms with E-state index in [2.05, 4.69) is 28.6 Å². The van der Waals surface area contributed by atoms with E-state index in [0.717, 1.165) is 56.7 Å². The Balaban J connectivity index is 1.29. The summed E-state index contributed by atoms with van der Waals surface area (Å²) in [6, 6.07) is 0. The summed E-state index contributed by atoms with van der Waals surface area (Å²) in [6.45, 7) is 6.23. The van der Waals surface area contributed by atoms with Crippen LogP contribution in [0.3, 0.4) is 0 Å². The van der Waals surface area contributed by atoms with Gasteiger partial charge in [-0.25, -0.2) is 12.7 Å². The second-order valence-corrected chi connectivity index (χ2v) is 12.5. The lowest BCUT2D eigenvalue weighted by molar-refractivity contribution is -0.128. The fraction of sp³-hybridized carbons (Fsp3) is 0.864. The number of sulfonamides is 1. The van der Waals surface area contributed by atoms with Gasteiger partial charge in [0.2, 0.25) is 10.0 Å². The average molecular weight is 435 g/mol. The van der Waals surface area contributed by atoms with Gasteiger partial charge in [-0.1, -0.05) is 20.3 Å². The van der Waals surface area contributed by atoms with Gasteiger partial charge in [-0.2, -0.15) is 0 Å². The van der Waals surface area contributed by atoms with E-state index in [9.17, 15) is 13.2 Å². The Morgan fingerprint density at radius 3 is 2.47 bits per heavy atom. The van der Waals surface area contributed by atoms with Gasteiger partial charge in [0.1, 0.15) is 17.4 Å². The van der Waals surface area contributed by atoms with Crippen molar-refractivity contribution in [3.05, 3.63) is 11.6 Å². The van der Waals surface area contributed by atoms with Crippen molar-refractivity contribution in [2.75, 3.05) is 18.8 Å². The highest BCUT2D eigenvalue weighted by Gasteiger charge is 2.65. The molecule has 7 nitrogen and oxygen atoms in total. The van der Waals surface area contributed by atoms with Gasteiger partial charge in [-0.05, 0) is 49.9 Å². The molecule has 0 unspecified atom stereocenters. The largest absolute Gasteiger partial charge is 0.315 e. The van der Waals surface area contributed by atoms with Crippen LogP contribution in [0.25, 0.3) is 0 Å². The second kappa shape index (κ2) is 7.12. The minimum Gasteiger partial charge on any atom is -0.315 e. The van der Waals surface area contributed by atoms with Crippen LogP contribution in [0, 0.1) is 16.7 Å². The van der Waals surface area contributed by atoms with Crippen molar-refractivity contribution in [1.29, 1.82) is 0 Å². The molecule has 30 heavy (non-hydrogen) atoms. The number of hydrogen-bond acceptors (Lipinski definition) is 5. The third-order valence-electron chi connectivity index (χ3n) is 8.92. The van der Waals surface area contributed by atoms with Gasteiger partial charge in [0.25, 0.3) is 0 Å². The van der Waals surface area contributed by atoms with Gasteiger partial charge < -0.3 is 4.57 Å². The van der Waals surface area contributed by atoms with Crippen LogP contribution in [-0.4, -0.2) is 52.1 Å². The Morgan fingerprint density at radius 1 is 1.03 bits per heavy atom. The summed E-state index contributed by atoms with van der Waals surface area (Å²) in [5.41, 5.74) is -0.897. The third kappa shape index (κ3) is 3.00. The molecule has 8 heteroatoms. The maximum atomic E-state index is 13.4. The van der Waals surface area contributed by atoms with Gasteiger partial charge in [0, 0.05) is 43.8 Å². The van der Waals surface area contributed by atoms with E-state index in [4.69, 9.17) is 0 Å². The predicted molar refractivity (Wildman–Crippen MR) is 113 cm³/mol. The molecule has 2 bridgehead atoms. The summed E-state index contributed by atoms with van der Waals surface area (Å²) in [5, 5.41) is 8.91. The molecule has 1 saturated heterocycles. The molecule has 3 heterocycles. The summed E-state index contributed by atoms with van der Waals surface area (Å²) in [5.74, 6) is 2.92. The number of aryl methyl sites for hydroxylation is 1. The molecule has 0 radical (unpaired) electrons. The summed E-state index contributed by atoms with van der Waals surface area (Å²) in [6.07, 6.45) is 8.39. The first-order valence-corrected chi connectivity index (χ1v) is 13.3. The zero-order chi connectivity index (χ0) is 21.1. The number of nitrogens with zero attached hydrogens (tertiary/aromatic N) is 4. The van der Waals surface area contributed by atoms with Crippen molar-refractivity contribution < 1.29 is 13.2 Å². The lowest BCUT2D eigenvalue weighted by Gasteiger charge is -2.39. The predicted octanol–water partition coefficient (Wildman–Crippen LogP) is 2.91. The topological polar surface area (TPSA) is 85.2 Å². The van der Waals surface area contributed by atoms with Crippen LogP contribution < -0.4 is 0 Å². The van der Waals surface area contributed by atoms with Crippen LogP contribution in [0.1, 0.15) is 82.8 Å². The fourth-order valence-corrected chi connectivity index (χ4v) is 8.96. The molecular weight excluding hydrogens is 400 g/mol. The van der Waals surface area contributed by atoms with E-state index in [1.165, 1.54) is 12.8 Å². The Kier molecular flexibility index (Phi) is 4.89. The number of ketones is 1. The monoisotopic (exact) mass is 434 g/mol. The molecule has 166 valence electrons. The zero-order valence-corrected chi connectivity index (χ0v) is 19.1. The molecule has 0 aromatic carbocycles. The van der Waals surface area contributed by atoms with Gasteiger partial charge >= 0.3 is 0 Å². The Morgan fingerprint density at radius 2 is 1.80 bits per heavy atom. The quantitative estimate of drug-likeness (QED) is 0.727. The number of fused-ring (bicyclic) bond motifs is 3. The molecule has 2 saturated carbocycles. The van der Waals surface area contributed by atoms with E-state index in [1.807, 2.05) is 0 Å². The Bertz CT molecular complexity index is 946. The number of carbonyl (C=O) groups is 1. The highest BCUT2D eigenvalue weighted by atomic mass is 32.2. The maximum absolute atomic E-state index is 13.4. The Labute approximate surface area is 179 Å². The summed E-state index contributed by atoms with van der Waals surface area (Å²) in [4.78, 5) is 12.8. The molecule has 1 aromatic rings. The summed E-state index contributed by atoms with van der Waals surface area (Å²) < 4.78 is 30.7.